The van der Waals surface area contributed by atoms with Crippen LogP contribution in [0.5, 0.6) is 0 Å². The molecule has 7 heteroatoms. The Hall–Kier alpha value is -2.96. The summed E-state index contributed by atoms with van der Waals surface area (Å²) in [6, 6.07) is 10.2. The lowest BCUT2D eigenvalue weighted by Crippen LogP contribution is -2.14. The van der Waals surface area contributed by atoms with Gasteiger partial charge in [-0.15, -0.1) is 0 Å². The maximum atomic E-state index is 4.59. The van der Waals surface area contributed by atoms with Gasteiger partial charge in [-0.05, 0) is 26.0 Å². The van der Waals surface area contributed by atoms with Crippen molar-refractivity contribution < 1.29 is 0 Å². The summed E-state index contributed by atoms with van der Waals surface area (Å²) in [4.78, 5) is 13.1. The number of rotatable bonds is 4. The van der Waals surface area contributed by atoms with Crippen molar-refractivity contribution in [3.8, 4) is 0 Å². The van der Waals surface area contributed by atoms with Gasteiger partial charge in [-0.1, -0.05) is 12.1 Å². The first kappa shape index (κ1) is 13.7. The minimum absolute atomic E-state index is 0.608. The second kappa shape index (κ2) is 5.35. The molecule has 0 fully saturated rings. The fourth-order valence-electron chi connectivity index (χ4n) is 2.83. The van der Waals surface area contributed by atoms with E-state index in [1.165, 1.54) is 6.33 Å². The Labute approximate surface area is 133 Å². The lowest BCUT2D eigenvalue weighted by molar-refractivity contribution is 0.717. The van der Waals surface area contributed by atoms with Gasteiger partial charge in [0, 0.05) is 24.8 Å². The molecule has 7 nitrogen and oxygen atoms in total. The molecule has 0 atom stereocenters. The van der Waals surface area contributed by atoms with Gasteiger partial charge in [0.1, 0.15) is 18.0 Å². The van der Waals surface area contributed by atoms with Gasteiger partial charge in [-0.25, -0.2) is 9.97 Å². The third-order valence-electron chi connectivity index (χ3n) is 3.87. The monoisotopic (exact) mass is 307 g/mol. The number of para-hydroxylation sites is 2. The lowest BCUT2D eigenvalue weighted by Gasteiger charge is -2.10. The van der Waals surface area contributed by atoms with Crippen molar-refractivity contribution in [2.24, 2.45) is 0 Å². The molecule has 0 unspecified atom stereocenters. The molecule has 23 heavy (non-hydrogen) atoms. The zero-order chi connectivity index (χ0) is 15.8. The molecule has 0 aliphatic heterocycles. The second-order valence-corrected chi connectivity index (χ2v) is 5.48. The molecule has 0 saturated carbocycles. The van der Waals surface area contributed by atoms with Gasteiger partial charge in [0.25, 0.3) is 5.78 Å². The van der Waals surface area contributed by atoms with Crippen molar-refractivity contribution in [3.63, 3.8) is 0 Å². The van der Waals surface area contributed by atoms with Crippen LogP contribution in [0.2, 0.25) is 0 Å². The number of aryl methyl sites for hydroxylation is 2. The summed E-state index contributed by atoms with van der Waals surface area (Å²) >= 11 is 0. The van der Waals surface area contributed by atoms with Gasteiger partial charge in [0.05, 0.1) is 11.0 Å². The fourth-order valence-corrected chi connectivity index (χ4v) is 2.83. The van der Waals surface area contributed by atoms with Crippen LogP contribution in [0.4, 0.5) is 5.82 Å². The highest BCUT2D eigenvalue weighted by atomic mass is 15.4. The van der Waals surface area contributed by atoms with E-state index in [1.807, 2.05) is 38.1 Å². The third-order valence-corrected chi connectivity index (χ3v) is 3.87. The topological polar surface area (TPSA) is 72.9 Å². The van der Waals surface area contributed by atoms with Crippen LogP contribution in [0, 0.1) is 13.8 Å². The predicted molar refractivity (Wildman–Crippen MR) is 88.5 cm³/mol. The summed E-state index contributed by atoms with van der Waals surface area (Å²) in [5, 5.41) is 7.62. The van der Waals surface area contributed by atoms with Crippen LogP contribution in [0.15, 0.2) is 36.7 Å². The minimum atomic E-state index is 0.608. The minimum Gasteiger partial charge on any atom is -0.368 e. The molecule has 0 bridgehead atoms. The number of hydrogen-bond donors (Lipinski definition) is 1. The molecule has 4 rings (SSSR count). The predicted octanol–water partition coefficient (Wildman–Crippen LogP) is 2.20. The normalized spacial score (nSPS) is 11.4. The Balaban J connectivity index is 1.57. The number of aromatic nitrogens is 6. The number of nitrogens with one attached hydrogen (secondary N) is 1. The highest BCUT2D eigenvalue weighted by molar-refractivity contribution is 5.75. The van der Waals surface area contributed by atoms with Crippen LogP contribution in [0.25, 0.3) is 16.8 Å². The largest absolute Gasteiger partial charge is 0.368 e. The highest BCUT2D eigenvalue weighted by Crippen LogP contribution is 2.15. The first-order valence-corrected chi connectivity index (χ1v) is 7.55. The molecule has 1 aromatic carbocycles. The van der Waals surface area contributed by atoms with E-state index in [4.69, 9.17) is 0 Å². The van der Waals surface area contributed by atoms with E-state index in [0.717, 1.165) is 41.5 Å². The molecule has 0 aliphatic carbocycles. The molecule has 0 radical (unpaired) electrons. The van der Waals surface area contributed by atoms with Crippen LogP contribution in [0.3, 0.4) is 0 Å². The fraction of sp³-hybridized carbons (Fsp3) is 0.250. The van der Waals surface area contributed by atoms with Crippen molar-refractivity contribution in [2.45, 2.75) is 20.4 Å². The zero-order valence-corrected chi connectivity index (χ0v) is 13.1. The number of benzene rings is 1. The first-order valence-electron chi connectivity index (χ1n) is 7.55. The van der Waals surface area contributed by atoms with Crippen molar-refractivity contribution in [2.75, 3.05) is 11.9 Å². The van der Waals surface area contributed by atoms with E-state index in [2.05, 4.69) is 36.0 Å². The summed E-state index contributed by atoms with van der Waals surface area (Å²) in [5.41, 5.74) is 3.10. The molecule has 0 amide bonds. The van der Waals surface area contributed by atoms with Crippen LogP contribution < -0.4 is 5.32 Å². The van der Waals surface area contributed by atoms with Crippen LogP contribution in [0.1, 0.15) is 11.5 Å². The summed E-state index contributed by atoms with van der Waals surface area (Å²) in [6.07, 6.45) is 1.51. The Morgan fingerprint density at radius 1 is 1.13 bits per heavy atom. The second-order valence-electron chi connectivity index (χ2n) is 5.48. The highest BCUT2D eigenvalue weighted by Gasteiger charge is 2.08. The molecule has 4 aromatic rings. The average Bonchev–Trinajstić information content (AvgIpc) is 3.11. The molecule has 3 heterocycles. The Morgan fingerprint density at radius 2 is 2.00 bits per heavy atom. The van der Waals surface area contributed by atoms with Crippen molar-refractivity contribution in [1.82, 2.24) is 29.1 Å². The van der Waals surface area contributed by atoms with E-state index in [-0.39, 0.29) is 0 Å². The molecular formula is C16H17N7. The van der Waals surface area contributed by atoms with E-state index in [0.29, 0.717) is 5.78 Å². The molecule has 0 aliphatic rings. The van der Waals surface area contributed by atoms with E-state index in [9.17, 15) is 0 Å². The van der Waals surface area contributed by atoms with Crippen molar-refractivity contribution >= 4 is 22.6 Å². The maximum absolute atomic E-state index is 4.59. The first-order chi connectivity index (χ1) is 11.2. The van der Waals surface area contributed by atoms with E-state index >= 15 is 0 Å². The smallest absolute Gasteiger partial charge is 0.254 e. The average molecular weight is 307 g/mol. The number of fused-ring (bicyclic) bond motifs is 2. The van der Waals surface area contributed by atoms with E-state index in [1.54, 1.807) is 4.52 Å². The third kappa shape index (κ3) is 2.40. The van der Waals surface area contributed by atoms with Gasteiger partial charge in [0.2, 0.25) is 0 Å². The van der Waals surface area contributed by atoms with Crippen molar-refractivity contribution in [3.05, 3.63) is 48.2 Å². The maximum Gasteiger partial charge on any atom is 0.254 e. The Morgan fingerprint density at radius 3 is 2.91 bits per heavy atom. The molecule has 3 aromatic heterocycles. The quantitative estimate of drug-likeness (QED) is 0.626. The number of imidazole rings is 1. The summed E-state index contributed by atoms with van der Waals surface area (Å²) in [5.74, 6) is 2.52. The van der Waals surface area contributed by atoms with E-state index < -0.39 is 0 Å². The van der Waals surface area contributed by atoms with Gasteiger partial charge < -0.3 is 9.88 Å². The number of anilines is 1. The standard InChI is InChI=1S/C16H17N7/c1-11-9-15(23-16(20-11)18-10-19-23)17-7-8-22-12(2)21-13-5-3-4-6-14(13)22/h3-6,9-10,17H,7-8H2,1-2H3. The van der Waals surface area contributed by atoms with Crippen LogP contribution in [-0.2, 0) is 6.54 Å². The van der Waals surface area contributed by atoms with Crippen LogP contribution >= 0.6 is 0 Å². The molecule has 116 valence electrons. The SMILES string of the molecule is Cc1cc(NCCn2c(C)nc3ccccc32)n2ncnc2n1. The molecule has 0 saturated heterocycles. The molecular weight excluding hydrogens is 290 g/mol. The Kier molecular flexibility index (Phi) is 3.18. The van der Waals surface area contributed by atoms with Crippen LogP contribution in [-0.4, -0.2) is 35.7 Å². The molecule has 1 N–H and O–H groups in total. The summed E-state index contributed by atoms with van der Waals surface area (Å²) < 4.78 is 3.93. The summed E-state index contributed by atoms with van der Waals surface area (Å²) in [7, 11) is 0. The number of hydrogen-bond acceptors (Lipinski definition) is 5. The van der Waals surface area contributed by atoms with Gasteiger partial charge in [0.15, 0.2) is 0 Å². The van der Waals surface area contributed by atoms with Crippen molar-refractivity contribution in [1.29, 1.82) is 0 Å². The number of nitrogens with zero attached hydrogens (tertiary/aromatic N) is 6. The van der Waals surface area contributed by atoms with Gasteiger partial charge in [-0.3, -0.25) is 0 Å². The molecule has 0 spiro atoms. The Bertz CT molecular complexity index is 983. The zero-order valence-electron chi connectivity index (χ0n) is 13.1. The van der Waals surface area contributed by atoms with Gasteiger partial charge >= 0.3 is 0 Å². The lowest BCUT2D eigenvalue weighted by atomic mass is 10.3. The summed E-state index contributed by atoms with van der Waals surface area (Å²) in [6.45, 7) is 5.57. The van der Waals surface area contributed by atoms with Gasteiger partial charge in [-0.2, -0.15) is 14.6 Å².